The van der Waals surface area contributed by atoms with Crippen LogP contribution in [0.4, 0.5) is 10.5 Å². The quantitative estimate of drug-likeness (QED) is 0.284. The number of aromatic amines is 1. The molecule has 0 bridgehead atoms. The summed E-state index contributed by atoms with van der Waals surface area (Å²) in [5.74, 6) is 1.28. The number of rotatable bonds is 9. The molecule has 4 aromatic rings. The number of nitrogens with one attached hydrogen (secondary N) is 2. The minimum Gasteiger partial charge on any atom is -0.504 e. The molecule has 2 amide bonds. The second-order valence-corrected chi connectivity index (χ2v) is 8.43. The first kappa shape index (κ1) is 24.0. The highest BCUT2D eigenvalue weighted by Gasteiger charge is 2.17. The van der Waals surface area contributed by atoms with Gasteiger partial charge < -0.3 is 29.8 Å². The summed E-state index contributed by atoms with van der Waals surface area (Å²) in [4.78, 5) is 18.4. The van der Waals surface area contributed by atoms with Crippen molar-refractivity contribution < 1.29 is 19.4 Å². The topological polar surface area (TPSA) is 86.8 Å². The number of aromatic hydroxyl groups is 1. The number of phenols is 1. The third kappa shape index (κ3) is 5.87. The first-order valence-electron chi connectivity index (χ1n) is 11.7. The van der Waals surface area contributed by atoms with Crippen LogP contribution in [0.25, 0.3) is 10.9 Å². The molecule has 0 saturated carbocycles. The summed E-state index contributed by atoms with van der Waals surface area (Å²) < 4.78 is 10.9. The average molecular weight is 474 g/mol. The summed E-state index contributed by atoms with van der Waals surface area (Å²) in [6.07, 6.45) is 2.64. The Labute approximate surface area is 205 Å². The minimum atomic E-state index is -0.197. The normalized spacial score (nSPS) is 10.8. The number of carbonyl (C=O) groups excluding carboxylic acids is 1. The monoisotopic (exact) mass is 473 g/mol. The number of urea groups is 1. The molecule has 0 aliphatic rings. The summed E-state index contributed by atoms with van der Waals surface area (Å²) in [5, 5.41) is 14.1. The molecule has 0 aliphatic heterocycles. The van der Waals surface area contributed by atoms with Gasteiger partial charge in [-0.1, -0.05) is 23.8 Å². The van der Waals surface area contributed by atoms with Gasteiger partial charge in [-0.3, -0.25) is 0 Å². The number of H-pyrrole nitrogens is 1. The number of anilines is 1. The molecule has 0 radical (unpaired) electrons. The molecular formula is C28H31N3O4. The van der Waals surface area contributed by atoms with Gasteiger partial charge in [-0.2, -0.15) is 0 Å². The van der Waals surface area contributed by atoms with E-state index in [2.05, 4.69) is 10.3 Å². The van der Waals surface area contributed by atoms with Crippen LogP contribution in [0.5, 0.6) is 17.2 Å². The molecule has 3 aromatic carbocycles. The predicted octanol–water partition coefficient (Wildman–Crippen LogP) is 5.87. The van der Waals surface area contributed by atoms with E-state index in [1.165, 1.54) is 0 Å². The van der Waals surface area contributed by atoms with Crippen LogP contribution in [0.1, 0.15) is 23.6 Å². The molecule has 4 rings (SSSR count). The highest BCUT2D eigenvalue weighted by molar-refractivity contribution is 5.89. The van der Waals surface area contributed by atoms with Gasteiger partial charge >= 0.3 is 6.03 Å². The fourth-order valence-corrected chi connectivity index (χ4v) is 3.99. The van der Waals surface area contributed by atoms with Crippen LogP contribution in [-0.2, 0) is 13.0 Å². The van der Waals surface area contributed by atoms with Crippen molar-refractivity contribution in [2.24, 2.45) is 0 Å². The SMILES string of the molecule is CCOc1cc(CN(CCc2c[nH]c3ccc(OC)cc23)C(=O)Nc2ccc(C)cc2)ccc1O. The Balaban J connectivity index is 1.56. The number of methoxy groups -OCH3 is 1. The van der Waals surface area contributed by atoms with Crippen molar-refractivity contribution in [3.05, 3.63) is 83.6 Å². The largest absolute Gasteiger partial charge is 0.504 e. The Morgan fingerprint density at radius 1 is 1.09 bits per heavy atom. The zero-order valence-corrected chi connectivity index (χ0v) is 20.3. The highest BCUT2D eigenvalue weighted by atomic mass is 16.5. The minimum absolute atomic E-state index is 0.0824. The van der Waals surface area contributed by atoms with Gasteiger partial charge in [-0.15, -0.1) is 0 Å². The van der Waals surface area contributed by atoms with Crippen LogP contribution in [0.2, 0.25) is 0 Å². The summed E-state index contributed by atoms with van der Waals surface area (Å²) in [6.45, 7) is 5.17. The molecule has 0 atom stereocenters. The lowest BCUT2D eigenvalue weighted by Crippen LogP contribution is -2.36. The van der Waals surface area contributed by atoms with E-state index < -0.39 is 0 Å². The fraction of sp³-hybridized carbons (Fsp3) is 0.250. The Hall–Kier alpha value is -4.13. The van der Waals surface area contributed by atoms with Crippen LogP contribution >= 0.6 is 0 Å². The Morgan fingerprint density at radius 2 is 1.89 bits per heavy atom. The molecule has 3 N–H and O–H groups in total. The second kappa shape index (κ2) is 10.9. The van der Waals surface area contributed by atoms with Gasteiger partial charge in [0, 0.05) is 35.9 Å². The van der Waals surface area contributed by atoms with Crippen molar-refractivity contribution in [1.82, 2.24) is 9.88 Å². The Bertz CT molecular complexity index is 1300. The van der Waals surface area contributed by atoms with Crippen molar-refractivity contribution in [3.63, 3.8) is 0 Å². The molecule has 1 aromatic heterocycles. The number of hydrogen-bond acceptors (Lipinski definition) is 4. The van der Waals surface area contributed by atoms with Gasteiger partial charge in [0.05, 0.1) is 13.7 Å². The summed E-state index contributed by atoms with van der Waals surface area (Å²) in [7, 11) is 1.65. The van der Waals surface area contributed by atoms with E-state index >= 15 is 0 Å². The molecular weight excluding hydrogens is 442 g/mol. The second-order valence-electron chi connectivity index (χ2n) is 8.43. The van der Waals surface area contributed by atoms with Gasteiger partial charge in [0.2, 0.25) is 0 Å². The Kier molecular flexibility index (Phi) is 7.45. The van der Waals surface area contributed by atoms with Gasteiger partial charge in [0.15, 0.2) is 11.5 Å². The summed E-state index contributed by atoms with van der Waals surface area (Å²) in [6, 6.07) is 18.6. The molecule has 0 spiro atoms. The number of fused-ring (bicyclic) bond motifs is 1. The molecule has 7 nitrogen and oxygen atoms in total. The molecule has 0 aliphatic carbocycles. The van der Waals surface area contributed by atoms with Crippen molar-refractivity contribution in [1.29, 1.82) is 0 Å². The molecule has 0 unspecified atom stereocenters. The van der Waals surface area contributed by atoms with E-state index in [4.69, 9.17) is 9.47 Å². The molecule has 7 heteroatoms. The van der Waals surface area contributed by atoms with E-state index in [9.17, 15) is 9.90 Å². The van der Waals surface area contributed by atoms with Gasteiger partial charge in [0.1, 0.15) is 5.75 Å². The van der Waals surface area contributed by atoms with Crippen LogP contribution in [0.3, 0.4) is 0 Å². The summed E-state index contributed by atoms with van der Waals surface area (Å²) >= 11 is 0. The van der Waals surface area contributed by atoms with E-state index in [1.54, 1.807) is 30.2 Å². The van der Waals surface area contributed by atoms with Crippen LogP contribution in [-0.4, -0.2) is 41.3 Å². The van der Waals surface area contributed by atoms with Crippen LogP contribution in [0, 0.1) is 6.92 Å². The zero-order chi connectivity index (χ0) is 24.8. The van der Waals surface area contributed by atoms with Crippen molar-refractivity contribution in [2.75, 3.05) is 25.6 Å². The number of nitrogens with zero attached hydrogens (tertiary/aromatic N) is 1. The smallest absolute Gasteiger partial charge is 0.322 e. The maximum absolute atomic E-state index is 13.3. The lowest BCUT2D eigenvalue weighted by Gasteiger charge is -2.24. The van der Waals surface area contributed by atoms with Crippen molar-refractivity contribution >= 4 is 22.6 Å². The third-order valence-corrected chi connectivity index (χ3v) is 5.91. The predicted molar refractivity (Wildman–Crippen MR) is 138 cm³/mol. The maximum atomic E-state index is 13.3. The zero-order valence-electron chi connectivity index (χ0n) is 20.3. The number of aryl methyl sites for hydroxylation is 1. The number of amides is 2. The van der Waals surface area contributed by atoms with Gasteiger partial charge in [-0.05, 0) is 73.9 Å². The van der Waals surface area contributed by atoms with Crippen molar-refractivity contribution in [3.8, 4) is 17.2 Å². The number of carbonyl (C=O) groups is 1. The lowest BCUT2D eigenvalue weighted by molar-refractivity contribution is 0.209. The van der Waals surface area contributed by atoms with E-state index in [1.807, 2.05) is 62.5 Å². The molecule has 35 heavy (non-hydrogen) atoms. The Morgan fingerprint density at radius 3 is 2.63 bits per heavy atom. The first-order chi connectivity index (χ1) is 17.0. The van der Waals surface area contributed by atoms with E-state index in [0.29, 0.717) is 31.9 Å². The maximum Gasteiger partial charge on any atom is 0.322 e. The third-order valence-electron chi connectivity index (χ3n) is 5.91. The number of ether oxygens (including phenoxy) is 2. The van der Waals surface area contributed by atoms with Crippen LogP contribution in [0.15, 0.2) is 66.9 Å². The highest BCUT2D eigenvalue weighted by Crippen LogP contribution is 2.28. The molecule has 0 fully saturated rings. The van der Waals surface area contributed by atoms with E-state index in [0.717, 1.165) is 39.0 Å². The van der Waals surface area contributed by atoms with Gasteiger partial charge in [0.25, 0.3) is 0 Å². The first-order valence-corrected chi connectivity index (χ1v) is 11.7. The molecule has 0 saturated heterocycles. The summed E-state index contributed by atoms with van der Waals surface area (Å²) in [5.41, 5.74) is 4.86. The molecule has 1 heterocycles. The van der Waals surface area contributed by atoms with E-state index in [-0.39, 0.29) is 11.8 Å². The number of phenolic OH excluding ortho intramolecular Hbond substituents is 1. The van der Waals surface area contributed by atoms with Gasteiger partial charge in [-0.25, -0.2) is 4.79 Å². The number of aromatic nitrogens is 1. The number of benzene rings is 3. The standard InChI is InChI=1S/C28H31N3O4/c1-4-35-27-15-20(7-12-26(27)32)18-31(28(33)30-22-8-5-19(2)6-9-22)14-13-21-17-29-25-11-10-23(34-3)16-24(21)25/h5-12,15-17,29,32H,4,13-14,18H2,1-3H3,(H,30,33). The van der Waals surface area contributed by atoms with Crippen molar-refractivity contribution in [2.45, 2.75) is 26.8 Å². The fourth-order valence-electron chi connectivity index (χ4n) is 3.99. The molecule has 182 valence electrons. The average Bonchev–Trinajstić information content (AvgIpc) is 3.27. The number of hydrogen-bond donors (Lipinski definition) is 3. The lowest BCUT2D eigenvalue weighted by atomic mass is 10.1. The van der Waals surface area contributed by atoms with Crippen LogP contribution < -0.4 is 14.8 Å².